The zero-order chi connectivity index (χ0) is 12.6. The van der Waals surface area contributed by atoms with E-state index in [1.54, 1.807) is 6.20 Å². The molecule has 1 aromatic rings. The summed E-state index contributed by atoms with van der Waals surface area (Å²) in [5, 5.41) is 2.92. The lowest BCUT2D eigenvalue weighted by molar-refractivity contribution is -0.121. The van der Waals surface area contributed by atoms with Crippen LogP contribution in [0.25, 0.3) is 0 Å². The summed E-state index contributed by atoms with van der Waals surface area (Å²) in [5.74, 6) is 0.112. The van der Waals surface area contributed by atoms with Gasteiger partial charge in [0, 0.05) is 37.9 Å². The highest BCUT2D eigenvalue weighted by molar-refractivity contribution is 5.75. The topological polar surface area (TPSA) is 51.2 Å². The van der Waals surface area contributed by atoms with Crippen LogP contribution in [0.5, 0.6) is 0 Å². The van der Waals surface area contributed by atoms with E-state index in [2.05, 4.69) is 10.3 Å². The minimum Gasteiger partial charge on any atom is -0.378 e. The van der Waals surface area contributed by atoms with E-state index >= 15 is 0 Å². The molecule has 4 heteroatoms. The van der Waals surface area contributed by atoms with Gasteiger partial charge in [-0.15, -0.1) is 0 Å². The first kappa shape index (κ1) is 13.0. The molecular weight excluding hydrogens is 228 g/mol. The fourth-order valence-corrected chi connectivity index (χ4v) is 2.13. The van der Waals surface area contributed by atoms with Crippen molar-refractivity contribution in [3.05, 3.63) is 30.1 Å². The van der Waals surface area contributed by atoms with E-state index < -0.39 is 0 Å². The van der Waals surface area contributed by atoms with Crippen LogP contribution < -0.4 is 5.32 Å². The van der Waals surface area contributed by atoms with Gasteiger partial charge in [0.15, 0.2) is 0 Å². The molecule has 4 nitrogen and oxygen atoms in total. The minimum absolute atomic E-state index is 0.112. The number of carbonyl (C=O) groups excluding carboxylic acids is 1. The molecule has 1 aliphatic heterocycles. The van der Waals surface area contributed by atoms with Gasteiger partial charge in [-0.25, -0.2) is 0 Å². The quantitative estimate of drug-likeness (QED) is 0.833. The number of hydrogen-bond donors (Lipinski definition) is 1. The Kier molecular flexibility index (Phi) is 5.15. The molecule has 1 aromatic heterocycles. The van der Waals surface area contributed by atoms with Crippen LogP contribution in [0.4, 0.5) is 0 Å². The highest BCUT2D eigenvalue weighted by atomic mass is 16.5. The molecule has 2 heterocycles. The number of rotatable bonds is 6. The number of pyridine rings is 1. The molecule has 18 heavy (non-hydrogen) atoms. The highest BCUT2D eigenvalue weighted by Gasteiger charge is 2.16. The molecule has 0 spiro atoms. The number of nitrogens with zero attached hydrogens (tertiary/aromatic N) is 1. The largest absolute Gasteiger partial charge is 0.378 e. The Morgan fingerprint density at radius 1 is 1.50 bits per heavy atom. The van der Waals surface area contributed by atoms with Gasteiger partial charge in [-0.05, 0) is 31.4 Å². The van der Waals surface area contributed by atoms with Gasteiger partial charge in [-0.1, -0.05) is 6.07 Å². The van der Waals surface area contributed by atoms with Crippen molar-refractivity contribution in [2.45, 2.75) is 38.2 Å². The van der Waals surface area contributed by atoms with Gasteiger partial charge in [-0.2, -0.15) is 0 Å². The minimum atomic E-state index is 0.112. The van der Waals surface area contributed by atoms with Gasteiger partial charge in [0.2, 0.25) is 5.91 Å². The molecule has 0 bridgehead atoms. The van der Waals surface area contributed by atoms with E-state index in [-0.39, 0.29) is 5.91 Å². The summed E-state index contributed by atoms with van der Waals surface area (Å²) in [5.41, 5.74) is 1.01. The van der Waals surface area contributed by atoms with Crippen molar-refractivity contribution in [3.8, 4) is 0 Å². The van der Waals surface area contributed by atoms with E-state index in [0.29, 0.717) is 19.1 Å². The Hall–Kier alpha value is -1.42. The SMILES string of the molecule is O=C(CC[C@H]1CCCO1)NCCc1ccccn1. The normalized spacial score (nSPS) is 18.8. The predicted octanol–water partition coefficient (Wildman–Crippen LogP) is 1.70. The van der Waals surface area contributed by atoms with E-state index in [1.807, 2.05) is 18.2 Å². The van der Waals surface area contributed by atoms with Gasteiger partial charge in [0.1, 0.15) is 0 Å². The second kappa shape index (κ2) is 7.11. The Morgan fingerprint density at radius 3 is 3.17 bits per heavy atom. The molecule has 1 aliphatic rings. The van der Waals surface area contributed by atoms with Gasteiger partial charge < -0.3 is 10.1 Å². The Morgan fingerprint density at radius 2 is 2.44 bits per heavy atom. The fraction of sp³-hybridized carbons (Fsp3) is 0.571. The van der Waals surface area contributed by atoms with E-state index in [0.717, 1.165) is 38.0 Å². The summed E-state index contributed by atoms with van der Waals surface area (Å²) in [6.45, 7) is 1.51. The van der Waals surface area contributed by atoms with Gasteiger partial charge in [-0.3, -0.25) is 9.78 Å². The first-order valence-corrected chi connectivity index (χ1v) is 6.63. The summed E-state index contributed by atoms with van der Waals surface area (Å²) in [4.78, 5) is 15.8. The maximum atomic E-state index is 11.6. The second-order valence-corrected chi connectivity index (χ2v) is 4.59. The predicted molar refractivity (Wildman–Crippen MR) is 69.2 cm³/mol. The molecule has 0 unspecified atom stereocenters. The number of aromatic nitrogens is 1. The highest BCUT2D eigenvalue weighted by Crippen LogP contribution is 2.16. The lowest BCUT2D eigenvalue weighted by atomic mass is 10.1. The lowest BCUT2D eigenvalue weighted by Gasteiger charge is -2.09. The number of carbonyl (C=O) groups is 1. The second-order valence-electron chi connectivity index (χ2n) is 4.59. The average Bonchev–Trinajstić information content (AvgIpc) is 2.91. The number of ether oxygens (including phenoxy) is 1. The molecule has 0 aromatic carbocycles. The van der Waals surface area contributed by atoms with Crippen molar-refractivity contribution >= 4 is 5.91 Å². The molecule has 1 fully saturated rings. The molecule has 1 atom stereocenters. The molecule has 98 valence electrons. The molecule has 1 N–H and O–H groups in total. The Labute approximate surface area is 108 Å². The fourth-order valence-electron chi connectivity index (χ4n) is 2.13. The lowest BCUT2D eigenvalue weighted by Crippen LogP contribution is -2.26. The van der Waals surface area contributed by atoms with Crippen molar-refractivity contribution in [1.82, 2.24) is 10.3 Å². The van der Waals surface area contributed by atoms with Gasteiger partial charge >= 0.3 is 0 Å². The van der Waals surface area contributed by atoms with Crippen LogP contribution in [-0.2, 0) is 16.0 Å². The van der Waals surface area contributed by atoms with Crippen LogP contribution in [0.3, 0.4) is 0 Å². The molecule has 2 rings (SSSR count). The number of amides is 1. The Bertz CT molecular complexity index is 361. The summed E-state index contributed by atoms with van der Waals surface area (Å²) in [7, 11) is 0. The van der Waals surface area contributed by atoms with E-state index in [1.165, 1.54) is 0 Å². The summed E-state index contributed by atoms with van der Waals surface area (Å²) >= 11 is 0. The van der Waals surface area contributed by atoms with Crippen LogP contribution >= 0.6 is 0 Å². The summed E-state index contributed by atoms with van der Waals surface area (Å²) < 4.78 is 5.49. The monoisotopic (exact) mass is 248 g/mol. The Balaban J connectivity index is 1.57. The third kappa shape index (κ3) is 4.45. The molecule has 0 radical (unpaired) electrons. The maximum absolute atomic E-state index is 11.6. The zero-order valence-electron chi connectivity index (χ0n) is 10.6. The van der Waals surface area contributed by atoms with Crippen LogP contribution in [0.15, 0.2) is 24.4 Å². The average molecular weight is 248 g/mol. The van der Waals surface area contributed by atoms with Crippen molar-refractivity contribution in [1.29, 1.82) is 0 Å². The summed E-state index contributed by atoms with van der Waals surface area (Å²) in [6.07, 6.45) is 6.49. The van der Waals surface area contributed by atoms with Crippen molar-refractivity contribution in [2.75, 3.05) is 13.2 Å². The van der Waals surface area contributed by atoms with Crippen molar-refractivity contribution in [3.63, 3.8) is 0 Å². The summed E-state index contributed by atoms with van der Waals surface area (Å²) in [6, 6.07) is 5.82. The molecule has 1 saturated heterocycles. The molecule has 0 saturated carbocycles. The van der Waals surface area contributed by atoms with Crippen LogP contribution in [0, 0.1) is 0 Å². The first-order valence-electron chi connectivity index (χ1n) is 6.63. The molecular formula is C14H20N2O2. The smallest absolute Gasteiger partial charge is 0.220 e. The van der Waals surface area contributed by atoms with Crippen LogP contribution in [-0.4, -0.2) is 30.1 Å². The maximum Gasteiger partial charge on any atom is 0.220 e. The standard InChI is InChI=1S/C14H20N2O2/c17-14(7-6-13-5-3-11-18-13)16-10-8-12-4-1-2-9-15-12/h1-2,4,9,13H,3,5-8,10-11H2,(H,16,17)/t13-/m1/s1. The first-order chi connectivity index (χ1) is 8.84. The van der Waals surface area contributed by atoms with Crippen LogP contribution in [0.1, 0.15) is 31.4 Å². The third-order valence-corrected chi connectivity index (χ3v) is 3.15. The van der Waals surface area contributed by atoms with Crippen molar-refractivity contribution in [2.24, 2.45) is 0 Å². The zero-order valence-corrected chi connectivity index (χ0v) is 10.6. The molecule has 0 aliphatic carbocycles. The van der Waals surface area contributed by atoms with E-state index in [4.69, 9.17) is 4.74 Å². The molecule has 1 amide bonds. The van der Waals surface area contributed by atoms with Gasteiger partial charge in [0.05, 0.1) is 6.10 Å². The van der Waals surface area contributed by atoms with Crippen LogP contribution in [0.2, 0.25) is 0 Å². The number of nitrogens with one attached hydrogen (secondary N) is 1. The van der Waals surface area contributed by atoms with Crippen molar-refractivity contribution < 1.29 is 9.53 Å². The third-order valence-electron chi connectivity index (χ3n) is 3.15. The van der Waals surface area contributed by atoms with Gasteiger partial charge in [0.25, 0.3) is 0 Å². The van der Waals surface area contributed by atoms with E-state index in [9.17, 15) is 4.79 Å². The number of hydrogen-bond acceptors (Lipinski definition) is 3.